The van der Waals surface area contributed by atoms with Gasteiger partial charge in [0.1, 0.15) is 10.7 Å². The molecule has 4 aromatic rings. The van der Waals surface area contributed by atoms with Gasteiger partial charge in [0.05, 0.1) is 11.4 Å². The molecule has 0 bridgehead atoms. The van der Waals surface area contributed by atoms with Gasteiger partial charge >= 0.3 is 0 Å². The minimum absolute atomic E-state index is 0.232. The van der Waals surface area contributed by atoms with E-state index >= 15 is 0 Å². The molecule has 2 aromatic heterocycles. The van der Waals surface area contributed by atoms with E-state index in [1.807, 2.05) is 18.2 Å². The van der Waals surface area contributed by atoms with Gasteiger partial charge in [0.15, 0.2) is 0 Å². The Balaban J connectivity index is 1.44. The lowest BCUT2D eigenvalue weighted by atomic mass is 9.88. The lowest BCUT2D eigenvalue weighted by Crippen LogP contribution is -2.38. The Morgan fingerprint density at radius 2 is 1.71 bits per heavy atom. The molecule has 0 aliphatic carbocycles. The summed E-state index contributed by atoms with van der Waals surface area (Å²) in [5.74, 6) is 0.0284. The molecule has 0 N–H and O–H groups in total. The van der Waals surface area contributed by atoms with Crippen molar-refractivity contribution in [2.24, 2.45) is 7.05 Å². The standard InChI is InChI=1S/C27H31FN4O2S/c1-18-27(20(3)30(4)29-18)35(33,34)31-14-12-22(13-15-31)26-19(2)32(25-11-6-5-10-24(25)26)17-21-8-7-9-23(28)16-21/h5-11,16,22H,12-15,17H2,1-4H3. The monoisotopic (exact) mass is 494 g/mol. The first-order valence-corrected chi connectivity index (χ1v) is 13.4. The summed E-state index contributed by atoms with van der Waals surface area (Å²) >= 11 is 0. The largest absolute Gasteiger partial charge is 0.340 e. The Kier molecular flexibility index (Phi) is 6.05. The van der Waals surface area contributed by atoms with Crippen LogP contribution in [-0.2, 0) is 23.6 Å². The summed E-state index contributed by atoms with van der Waals surface area (Å²) < 4.78 is 46.2. The molecular formula is C27H31FN4O2S. The molecule has 1 aliphatic heterocycles. The Morgan fingerprint density at radius 1 is 1.00 bits per heavy atom. The molecule has 0 unspecified atom stereocenters. The second-order valence-corrected chi connectivity index (χ2v) is 11.4. The number of aryl methyl sites for hydroxylation is 2. The summed E-state index contributed by atoms with van der Waals surface area (Å²) in [5, 5.41) is 5.50. The fourth-order valence-electron chi connectivity index (χ4n) is 5.64. The molecule has 2 aromatic carbocycles. The van der Waals surface area contributed by atoms with Crippen molar-refractivity contribution in [3.63, 3.8) is 0 Å². The molecule has 3 heterocycles. The van der Waals surface area contributed by atoms with E-state index in [0.29, 0.717) is 35.9 Å². The van der Waals surface area contributed by atoms with Crippen LogP contribution in [0.25, 0.3) is 10.9 Å². The summed E-state index contributed by atoms with van der Waals surface area (Å²) in [6, 6.07) is 15.1. The van der Waals surface area contributed by atoms with Gasteiger partial charge in [-0.15, -0.1) is 0 Å². The summed E-state index contributed by atoms with van der Waals surface area (Å²) in [5.41, 5.74) is 5.70. The number of hydrogen-bond acceptors (Lipinski definition) is 3. The number of halogens is 1. The third-order valence-electron chi connectivity index (χ3n) is 7.41. The molecule has 184 valence electrons. The zero-order valence-electron chi connectivity index (χ0n) is 20.6. The Hall–Kier alpha value is -2.97. The molecule has 0 radical (unpaired) electrons. The molecule has 8 heteroatoms. The maximum absolute atomic E-state index is 13.8. The molecule has 1 aliphatic rings. The average Bonchev–Trinajstić information content (AvgIpc) is 3.25. The molecule has 1 fully saturated rings. The van der Waals surface area contributed by atoms with Crippen LogP contribution in [0.3, 0.4) is 0 Å². The van der Waals surface area contributed by atoms with Crippen LogP contribution in [0.2, 0.25) is 0 Å². The summed E-state index contributed by atoms with van der Waals surface area (Å²) in [6.07, 6.45) is 1.51. The number of hydrogen-bond donors (Lipinski definition) is 0. The van der Waals surface area contributed by atoms with Gasteiger partial charge in [0.25, 0.3) is 0 Å². The highest BCUT2D eigenvalue weighted by Crippen LogP contribution is 2.39. The summed E-state index contributed by atoms with van der Waals surface area (Å²) in [4.78, 5) is 0.335. The maximum atomic E-state index is 13.8. The molecule has 0 spiro atoms. The molecular weight excluding hydrogens is 463 g/mol. The van der Waals surface area contributed by atoms with Gasteiger partial charge in [-0.3, -0.25) is 4.68 Å². The molecule has 0 saturated carbocycles. The van der Waals surface area contributed by atoms with Crippen molar-refractivity contribution in [3.05, 3.63) is 82.6 Å². The fourth-order valence-corrected chi connectivity index (χ4v) is 7.51. The third-order valence-corrected chi connectivity index (χ3v) is 9.56. The van der Waals surface area contributed by atoms with Crippen LogP contribution in [0.5, 0.6) is 0 Å². The average molecular weight is 495 g/mol. The first-order chi connectivity index (χ1) is 16.7. The van der Waals surface area contributed by atoms with E-state index in [1.54, 1.807) is 42.0 Å². The van der Waals surface area contributed by atoms with Crippen molar-refractivity contribution in [3.8, 4) is 0 Å². The van der Waals surface area contributed by atoms with Gasteiger partial charge in [-0.05, 0) is 68.9 Å². The number of aromatic nitrogens is 3. The SMILES string of the molecule is Cc1nn(C)c(C)c1S(=O)(=O)N1CCC(c2c(C)n(Cc3cccc(F)c3)c3ccccc23)CC1. The highest BCUT2D eigenvalue weighted by atomic mass is 32.2. The minimum Gasteiger partial charge on any atom is -0.340 e. The first kappa shape index (κ1) is 23.8. The topological polar surface area (TPSA) is 60.1 Å². The lowest BCUT2D eigenvalue weighted by Gasteiger charge is -2.31. The van der Waals surface area contributed by atoms with Crippen LogP contribution in [0.4, 0.5) is 4.39 Å². The van der Waals surface area contributed by atoms with Gasteiger partial charge in [-0.25, -0.2) is 12.8 Å². The molecule has 35 heavy (non-hydrogen) atoms. The van der Waals surface area contributed by atoms with Crippen LogP contribution in [0.1, 0.15) is 47.0 Å². The molecule has 0 amide bonds. The second-order valence-electron chi connectivity index (χ2n) is 9.53. The third kappa shape index (κ3) is 4.08. The number of benzene rings is 2. The van der Waals surface area contributed by atoms with Crippen LogP contribution in [-0.4, -0.2) is 40.2 Å². The first-order valence-electron chi connectivity index (χ1n) is 12.0. The number of nitrogens with zero attached hydrogens (tertiary/aromatic N) is 4. The quantitative estimate of drug-likeness (QED) is 0.390. The fraction of sp³-hybridized carbons (Fsp3) is 0.370. The number of fused-ring (bicyclic) bond motifs is 1. The zero-order chi connectivity index (χ0) is 24.9. The molecule has 6 nitrogen and oxygen atoms in total. The Morgan fingerprint density at radius 3 is 2.37 bits per heavy atom. The molecule has 5 rings (SSSR count). The van der Waals surface area contributed by atoms with Crippen LogP contribution < -0.4 is 0 Å². The van der Waals surface area contributed by atoms with E-state index in [9.17, 15) is 12.8 Å². The number of piperidine rings is 1. The van der Waals surface area contributed by atoms with Crippen molar-refractivity contribution in [1.29, 1.82) is 0 Å². The van der Waals surface area contributed by atoms with E-state index in [-0.39, 0.29) is 11.7 Å². The van der Waals surface area contributed by atoms with Crippen molar-refractivity contribution in [2.75, 3.05) is 13.1 Å². The van der Waals surface area contributed by atoms with E-state index in [0.717, 1.165) is 29.6 Å². The van der Waals surface area contributed by atoms with E-state index < -0.39 is 10.0 Å². The smallest absolute Gasteiger partial charge is 0.246 e. The number of sulfonamides is 1. The van der Waals surface area contributed by atoms with E-state index in [1.165, 1.54) is 17.0 Å². The van der Waals surface area contributed by atoms with Crippen LogP contribution >= 0.6 is 0 Å². The highest BCUT2D eigenvalue weighted by molar-refractivity contribution is 7.89. The van der Waals surface area contributed by atoms with Crippen molar-refractivity contribution in [2.45, 2.75) is 51.0 Å². The zero-order valence-corrected chi connectivity index (χ0v) is 21.4. The second kappa shape index (κ2) is 8.91. The normalized spacial score (nSPS) is 15.8. The Labute approximate surface area is 206 Å². The van der Waals surface area contributed by atoms with Gasteiger partial charge in [0.2, 0.25) is 10.0 Å². The number of rotatable bonds is 5. The van der Waals surface area contributed by atoms with Gasteiger partial charge < -0.3 is 4.57 Å². The van der Waals surface area contributed by atoms with Crippen molar-refractivity contribution >= 4 is 20.9 Å². The molecule has 1 saturated heterocycles. The minimum atomic E-state index is -3.59. The number of para-hydroxylation sites is 1. The lowest BCUT2D eigenvalue weighted by molar-refractivity contribution is 0.319. The summed E-state index contributed by atoms with van der Waals surface area (Å²) in [6.45, 7) is 7.23. The van der Waals surface area contributed by atoms with Gasteiger partial charge in [0, 0.05) is 43.3 Å². The van der Waals surface area contributed by atoms with Crippen LogP contribution in [0.15, 0.2) is 53.4 Å². The van der Waals surface area contributed by atoms with Crippen LogP contribution in [0, 0.1) is 26.6 Å². The van der Waals surface area contributed by atoms with E-state index in [2.05, 4.69) is 28.7 Å². The van der Waals surface area contributed by atoms with Crippen molar-refractivity contribution < 1.29 is 12.8 Å². The maximum Gasteiger partial charge on any atom is 0.246 e. The predicted octanol–water partition coefficient (Wildman–Crippen LogP) is 5.06. The van der Waals surface area contributed by atoms with Gasteiger partial charge in [-0.1, -0.05) is 30.3 Å². The molecule has 0 atom stereocenters. The highest BCUT2D eigenvalue weighted by Gasteiger charge is 2.35. The van der Waals surface area contributed by atoms with Crippen molar-refractivity contribution in [1.82, 2.24) is 18.7 Å². The Bertz CT molecular complexity index is 1510. The summed E-state index contributed by atoms with van der Waals surface area (Å²) in [7, 11) is -1.82. The van der Waals surface area contributed by atoms with Gasteiger partial charge in [-0.2, -0.15) is 9.40 Å². The van der Waals surface area contributed by atoms with E-state index in [4.69, 9.17) is 0 Å². The predicted molar refractivity (Wildman–Crippen MR) is 136 cm³/mol.